The Kier molecular flexibility index (Phi) is 10.9. The summed E-state index contributed by atoms with van der Waals surface area (Å²) in [6.45, 7) is 3.74. The summed E-state index contributed by atoms with van der Waals surface area (Å²) < 4.78 is 25.3. The number of hydrogen-bond acceptors (Lipinski definition) is 4. The number of amides is 1. The smallest absolute Gasteiger partial charge is 0.373 e. The molecule has 0 fully saturated rings. The second-order valence-corrected chi connectivity index (χ2v) is 4.88. The topological polar surface area (TPSA) is 89.3 Å². The fraction of sp³-hybridized carbons (Fsp3) is 0.222. The van der Waals surface area contributed by atoms with E-state index in [1.54, 1.807) is 30.3 Å². The number of nitrogens with two attached hydrogens (primary N) is 1. The van der Waals surface area contributed by atoms with Crippen LogP contribution in [0.1, 0.15) is 20.3 Å². The lowest BCUT2D eigenvalue weighted by Gasteiger charge is -2.10. The molecule has 0 aromatic heterocycles. The molecule has 25 heavy (non-hydrogen) atoms. The third-order valence-electron chi connectivity index (χ3n) is 3.10. The minimum Gasteiger partial charge on any atom is -0.396 e. The summed E-state index contributed by atoms with van der Waals surface area (Å²) in [6.07, 6.45) is 1.00. The highest BCUT2D eigenvalue weighted by atomic mass is 19.1. The Bertz CT molecular complexity index is 681. The number of rotatable bonds is 3. The minimum absolute atomic E-state index is 0.0883. The zero-order chi connectivity index (χ0) is 19.2. The first-order valence-electron chi connectivity index (χ1n) is 7.42. The fourth-order valence-corrected chi connectivity index (χ4v) is 1.48. The van der Waals surface area contributed by atoms with E-state index >= 15 is 0 Å². The molecule has 134 valence electrons. The van der Waals surface area contributed by atoms with Crippen molar-refractivity contribution < 1.29 is 23.2 Å². The quantitative estimate of drug-likeness (QED) is 0.827. The average Bonchev–Trinajstić information content (AvgIpc) is 2.60. The van der Waals surface area contributed by atoms with Crippen LogP contribution in [-0.2, 0) is 14.4 Å². The number of carbonyl (C=O) groups is 1. The molecule has 2 aromatic carbocycles. The highest BCUT2D eigenvalue weighted by Gasteiger charge is 2.11. The van der Waals surface area contributed by atoms with E-state index in [-0.39, 0.29) is 35.2 Å². The van der Waals surface area contributed by atoms with Crippen molar-refractivity contribution in [2.24, 2.45) is 5.92 Å². The normalized spacial score (nSPS) is 10.1. The summed E-state index contributed by atoms with van der Waals surface area (Å²) in [5, 5.41) is 2.55. The standard InChI is InChI=1S/C11H14FNO.C6H6FN.CO2/c1-3-8(2)11(14)13-10-7-5-4-6-9(10)12;7-5-3-1-2-4-6(5)8;2-1-3/h4-8H,3H2,1-2H3,(H,13,14);1-4H,8H2;. The van der Waals surface area contributed by atoms with Gasteiger partial charge in [-0.1, -0.05) is 38.1 Å². The first-order chi connectivity index (χ1) is 11.9. The van der Waals surface area contributed by atoms with Gasteiger partial charge in [-0.25, -0.2) is 8.78 Å². The van der Waals surface area contributed by atoms with Crippen molar-refractivity contribution in [3.63, 3.8) is 0 Å². The number of carbonyl (C=O) groups excluding carboxylic acids is 3. The number of para-hydroxylation sites is 2. The zero-order valence-corrected chi connectivity index (χ0v) is 14.0. The van der Waals surface area contributed by atoms with Gasteiger partial charge < -0.3 is 11.1 Å². The number of hydrogen-bond donors (Lipinski definition) is 2. The van der Waals surface area contributed by atoms with Crippen LogP contribution in [0.5, 0.6) is 0 Å². The number of nitrogens with one attached hydrogen (secondary N) is 1. The van der Waals surface area contributed by atoms with Crippen molar-refractivity contribution in [1.82, 2.24) is 0 Å². The molecule has 1 atom stereocenters. The van der Waals surface area contributed by atoms with E-state index in [9.17, 15) is 13.6 Å². The largest absolute Gasteiger partial charge is 0.396 e. The van der Waals surface area contributed by atoms with Crippen LogP contribution in [-0.4, -0.2) is 12.1 Å². The summed E-state index contributed by atoms with van der Waals surface area (Å²) in [5.41, 5.74) is 5.59. The van der Waals surface area contributed by atoms with Gasteiger partial charge in [-0.2, -0.15) is 9.59 Å². The van der Waals surface area contributed by atoms with Gasteiger partial charge in [-0.05, 0) is 30.7 Å². The summed E-state index contributed by atoms with van der Waals surface area (Å²) in [6, 6.07) is 12.3. The molecule has 0 bridgehead atoms. The molecule has 1 amide bonds. The highest BCUT2D eigenvalue weighted by molar-refractivity contribution is 5.92. The number of halogens is 2. The van der Waals surface area contributed by atoms with Crippen LogP contribution in [0.15, 0.2) is 48.5 Å². The number of anilines is 2. The molecule has 0 aliphatic rings. The van der Waals surface area contributed by atoms with Crippen LogP contribution >= 0.6 is 0 Å². The predicted molar refractivity (Wildman–Crippen MR) is 90.3 cm³/mol. The van der Waals surface area contributed by atoms with E-state index in [0.29, 0.717) is 0 Å². The molecule has 0 saturated heterocycles. The molecule has 5 nitrogen and oxygen atoms in total. The molecule has 0 heterocycles. The first-order valence-corrected chi connectivity index (χ1v) is 7.42. The molecular weight excluding hydrogens is 330 g/mol. The van der Waals surface area contributed by atoms with E-state index in [0.717, 1.165) is 6.42 Å². The highest BCUT2D eigenvalue weighted by Crippen LogP contribution is 2.14. The van der Waals surface area contributed by atoms with Gasteiger partial charge in [0.05, 0.1) is 11.4 Å². The zero-order valence-electron chi connectivity index (χ0n) is 14.0. The summed E-state index contributed by atoms with van der Waals surface area (Å²) in [5.74, 6) is -0.983. The van der Waals surface area contributed by atoms with E-state index in [4.69, 9.17) is 15.3 Å². The van der Waals surface area contributed by atoms with Crippen molar-refractivity contribution in [3.8, 4) is 0 Å². The van der Waals surface area contributed by atoms with Crippen molar-refractivity contribution in [2.45, 2.75) is 20.3 Å². The van der Waals surface area contributed by atoms with Crippen LogP contribution in [0.3, 0.4) is 0 Å². The van der Waals surface area contributed by atoms with Gasteiger partial charge in [0.2, 0.25) is 5.91 Å². The Morgan fingerprint density at radius 2 is 1.56 bits per heavy atom. The van der Waals surface area contributed by atoms with Gasteiger partial charge in [-0.15, -0.1) is 0 Å². The van der Waals surface area contributed by atoms with Crippen LogP contribution in [0.25, 0.3) is 0 Å². The van der Waals surface area contributed by atoms with E-state index in [2.05, 4.69) is 5.32 Å². The van der Waals surface area contributed by atoms with Crippen LogP contribution in [0, 0.1) is 17.6 Å². The summed E-state index contributed by atoms with van der Waals surface area (Å²) in [7, 11) is 0. The SMILES string of the molecule is CCC(C)C(=O)Nc1ccccc1F.Nc1ccccc1F.O=C=O. The van der Waals surface area contributed by atoms with Crippen molar-refractivity contribution in [1.29, 1.82) is 0 Å². The maximum Gasteiger partial charge on any atom is 0.373 e. The van der Waals surface area contributed by atoms with Gasteiger partial charge in [0.25, 0.3) is 0 Å². The van der Waals surface area contributed by atoms with Gasteiger partial charge >= 0.3 is 6.15 Å². The Morgan fingerprint density at radius 3 is 1.96 bits per heavy atom. The minimum atomic E-state index is -0.399. The van der Waals surface area contributed by atoms with Crippen LogP contribution in [0.2, 0.25) is 0 Å². The monoisotopic (exact) mass is 350 g/mol. The van der Waals surface area contributed by atoms with Crippen LogP contribution in [0.4, 0.5) is 20.2 Å². The van der Waals surface area contributed by atoms with Crippen molar-refractivity contribution in [3.05, 3.63) is 60.2 Å². The molecule has 1 unspecified atom stereocenters. The first kappa shape index (κ1) is 21.9. The fourth-order valence-electron chi connectivity index (χ4n) is 1.48. The Morgan fingerprint density at radius 1 is 1.08 bits per heavy atom. The molecule has 0 radical (unpaired) electrons. The second-order valence-electron chi connectivity index (χ2n) is 4.88. The molecule has 7 heteroatoms. The second kappa shape index (κ2) is 12.4. The summed E-state index contributed by atoms with van der Waals surface area (Å²) >= 11 is 0. The lowest BCUT2D eigenvalue weighted by atomic mass is 10.1. The molecule has 3 N–H and O–H groups in total. The van der Waals surface area contributed by atoms with E-state index in [1.807, 2.05) is 13.8 Å². The maximum absolute atomic E-state index is 13.1. The summed E-state index contributed by atoms with van der Waals surface area (Å²) in [4.78, 5) is 27.7. The van der Waals surface area contributed by atoms with E-state index in [1.165, 1.54) is 18.2 Å². The third-order valence-corrected chi connectivity index (χ3v) is 3.10. The van der Waals surface area contributed by atoms with Gasteiger partial charge in [0.1, 0.15) is 11.6 Å². The molecule has 0 saturated carbocycles. The Hall–Kier alpha value is -3.05. The Labute approximate surface area is 144 Å². The predicted octanol–water partition coefficient (Wildman–Crippen LogP) is 3.63. The van der Waals surface area contributed by atoms with Gasteiger partial charge in [-0.3, -0.25) is 4.79 Å². The van der Waals surface area contributed by atoms with Crippen LogP contribution < -0.4 is 11.1 Å². The number of benzene rings is 2. The lowest BCUT2D eigenvalue weighted by molar-refractivity contribution is -0.191. The van der Waals surface area contributed by atoms with E-state index < -0.39 is 5.82 Å². The molecular formula is C18H20F2N2O3. The maximum atomic E-state index is 13.1. The molecule has 2 rings (SSSR count). The molecule has 0 aliphatic heterocycles. The average molecular weight is 350 g/mol. The van der Waals surface area contributed by atoms with Crippen molar-refractivity contribution in [2.75, 3.05) is 11.1 Å². The van der Waals surface area contributed by atoms with Gasteiger partial charge in [0.15, 0.2) is 0 Å². The molecule has 0 aliphatic carbocycles. The molecule has 2 aromatic rings. The Balaban J connectivity index is 0.000000440. The molecule has 0 spiro atoms. The third kappa shape index (κ3) is 8.98. The van der Waals surface area contributed by atoms with Gasteiger partial charge in [0, 0.05) is 5.92 Å². The lowest BCUT2D eigenvalue weighted by Crippen LogP contribution is -2.20. The van der Waals surface area contributed by atoms with Crippen molar-refractivity contribution >= 4 is 23.4 Å². The number of nitrogen functional groups attached to an aromatic ring is 1.